The molecule has 2 aromatic carbocycles. The summed E-state index contributed by atoms with van der Waals surface area (Å²) in [6, 6.07) is 13.4. The van der Waals surface area contributed by atoms with Crippen molar-refractivity contribution in [2.24, 2.45) is 0 Å². The molecule has 8 nitrogen and oxygen atoms in total. The molecule has 0 radical (unpaired) electrons. The second-order valence-corrected chi connectivity index (χ2v) is 11.6. The van der Waals surface area contributed by atoms with Gasteiger partial charge in [0.15, 0.2) is 0 Å². The van der Waals surface area contributed by atoms with E-state index in [4.69, 9.17) is 9.47 Å². The standard InChI is InChI=1S/C30H39N3O5/c1-20-17-37-18-21(2)33(20)28(35)23-9-10-26-27(13-23)38-30(3,4)19-32(29(26)36)16-25(34)15-31-12-11-22-7-5-6-8-24(22)14-31/h5-10,13,20-21,25,34H,11-12,14-19H2,1-4H3/t20?,21?,25-/m1/s1. The van der Waals surface area contributed by atoms with Gasteiger partial charge in [-0.15, -0.1) is 0 Å². The maximum absolute atomic E-state index is 13.6. The molecule has 2 amide bonds. The van der Waals surface area contributed by atoms with Crippen molar-refractivity contribution in [2.75, 3.05) is 39.4 Å². The second kappa shape index (κ2) is 10.7. The van der Waals surface area contributed by atoms with E-state index in [1.165, 1.54) is 11.1 Å². The molecule has 3 aliphatic rings. The molecule has 3 atom stereocenters. The van der Waals surface area contributed by atoms with Gasteiger partial charge in [-0.1, -0.05) is 24.3 Å². The van der Waals surface area contributed by atoms with Gasteiger partial charge in [0.05, 0.1) is 43.5 Å². The second-order valence-electron chi connectivity index (χ2n) is 11.6. The molecule has 2 aromatic rings. The van der Waals surface area contributed by atoms with E-state index in [-0.39, 0.29) is 30.4 Å². The normalized spacial score (nSPS) is 24.2. The summed E-state index contributed by atoms with van der Waals surface area (Å²) in [6.45, 7) is 11.6. The highest BCUT2D eigenvalue weighted by Crippen LogP contribution is 2.32. The van der Waals surface area contributed by atoms with Crippen LogP contribution in [0.4, 0.5) is 0 Å². The summed E-state index contributed by atoms with van der Waals surface area (Å²) in [5.41, 5.74) is 2.88. The number of ether oxygens (including phenoxy) is 2. The van der Waals surface area contributed by atoms with Gasteiger partial charge in [0.2, 0.25) is 0 Å². The molecular weight excluding hydrogens is 482 g/mol. The van der Waals surface area contributed by atoms with Crippen molar-refractivity contribution >= 4 is 11.8 Å². The smallest absolute Gasteiger partial charge is 0.257 e. The molecule has 0 aliphatic carbocycles. The molecule has 5 rings (SSSR count). The Morgan fingerprint density at radius 1 is 1.08 bits per heavy atom. The predicted octanol–water partition coefficient (Wildman–Crippen LogP) is 2.97. The summed E-state index contributed by atoms with van der Waals surface area (Å²) in [7, 11) is 0. The molecule has 1 saturated heterocycles. The van der Waals surface area contributed by atoms with Gasteiger partial charge in [0.25, 0.3) is 11.8 Å². The fraction of sp³-hybridized carbons (Fsp3) is 0.533. The molecule has 1 fully saturated rings. The van der Waals surface area contributed by atoms with E-state index >= 15 is 0 Å². The Morgan fingerprint density at radius 2 is 1.79 bits per heavy atom. The van der Waals surface area contributed by atoms with Gasteiger partial charge >= 0.3 is 0 Å². The first-order valence-electron chi connectivity index (χ1n) is 13.6. The molecule has 2 unspecified atom stereocenters. The predicted molar refractivity (Wildman–Crippen MR) is 144 cm³/mol. The van der Waals surface area contributed by atoms with E-state index in [0.29, 0.717) is 43.2 Å². The number of nitrogens with zero attached hydrogens (tertiary/aromatic N) is 3. The largest absolute Gasteiger partial charge is 0.485 e. The highest BCUT2D eigenvalue weighted by Gasteiger charge is 2.36. The van der Waals surface area contributed by atoms with Crippen LogP contribution in [-0.4, -0.2) is 94.8 Å². The van der Waals surface area contributed by atoms with Crippen LogP contribution in [0.15, 0.2) is 42.5 Å². The molecule has 0 saturated carbocycles. The number of aliphatic hydroxyl groups excluding tert-OH is 1. The van der Waals surface area contributed by atoms with Gasteiger partial charge in [0, 0.05) is 31.7 Å². The number of β-amino-alcohol motifs (C(OH)–C–C–N with tert-alkyl or cyclic N) is 1. The first-order valence-corrected chi connectivity index (χ1v) is 13.6. The van der Waals surface area contributed by atoms with E-state index in [9.17, 15) is 14.7 Å². The maximum atomic E-state index is 13.6. The molecule has 0 spiro atoms. The van der Waals surface area contributed by atoms with Crippen LogP contribution in [0.2, 0.25) is 0 Å². The van der Waals surface area contributed by atoms with E-state index in [1.807, 2.05) is 32.6 Å². The van der Waals surface area contributed by atoms with Crippen molar-refractivity contribution in [1.82, 2.24) is 14.7 Å². The van der Waals surface area contributed by atoms with Gasteiger partial charge in [0.1, 0.15) is 11.4 Å². The number of carbonyl (C=O) groups excluding carboxylic acids is 2. The minimum atomic E-state index is -0.689. The van der Waals surface area contributed by atoms with Crippen LogP contribution in [0.5, 0.6) is 5.75 Å². The van der Waals surface area contributed by atoms with Crippen LogP contribution in [0.1, 0.15) is 59.5 Å². The zero-order valence-electron chi connectivity index (χ0n) is 22.9. The summed E-state index contributed by atoms with van der Waals surface area (Å²) in [6.07, 6.45) is 0.273. The molecule has 1 N–H and O–H groups in total. The zero-order chi connectivity index (χ0) is 27.0. The van der Waals surface area contributed by atoms with Crippen molar-refractivity contribution in [3.8, 4) is 5.75 Å². The molecule has 0 aromatic heterocycles. The lowest BCUT2D eigenvalue weighted by molar-refractivity contribution is -0.0249. The van der Waals surface area contributed by atoms with Crippen LogP contribution >= 0.6 is 0 Å². The summed E-state index contributed by atoms with van der Waals surface area (Å²) < 4.78 is 11.9. The van der Waals surface area contributed by atoms with E-state index < -0.39 is 11.7 Å². The topological polar surface area (TPSA) is 82.5 Å². The Bertz CT molecular complexity index is 1190. The highest BCUT2D eigenvalue weighted by atomic mass is 16.5. The number of aliphatic hydroxyl groups is 1. The number of amides is 2. The van der Waals surface area contributed by atoms with Gasteiger partial charge in [-0.3, -0.25) is 14.5 Å². The van der Waals surface area contributed by atoms with Gasteiger partial charge in [-0.25, -0.2) is 0 Å². The Morgan fingerprint density at radius 3 is 2.53 bits per heavy atom. The summed E-state index contributed by atoms with van der Waals surface area (Å²) in [4.78, 5) is 32.8. The molecule has 3 aliphatic heterocycles. The molecule has 3 heterocycles. The van der Waals surface area contributed by atoms with Crippen LogP contribution in [0.25, 0.3) is 0 Å². The SMILES string of the molecule is CC1COCC(C)N1C(=O)c1ccc2c(c1)OC(C)(C)CN(C[C@H](O)CN1CCc3ccccc3C1)C2=O. The lowest BCUT2D eigenvalue weighted by atomic mass is 9.99. The number of fused-ring (bicyclic) bond motifs is 2. The Labute approximate surface area is 225 Å². The number of hydrogen-bond acceptors (Lipinski definition) is 6. The fourth-order valence-corrected chi connectivity index (χ4v) is 5.97. The summed E-state index contributed by atoms with van der Waals surface area (Å²) in [5.74, 6) is 0.120. The molecule has 204 valence electrons. The Balaban J connectivity index is 1.30. The van der Waals surface area contributed by atoms with Crippen LogP contribution in [0.3, 0.4) is 0 Å². The number of carbonyl (C=O) groups is 2. The van der Waals surface area contributed by atoms with Crippen LogP contribution in [0, 0.1) is 0 Å². The number of hydrogen-bond donors (Lipinski definition) is 1. The minimum Gasteiger partial charge on any atom is -0.485 e. The minimum absolute atomic E-state index is 0.0329. The number of rotatable bonds is 5. The third-order valence-electron chi connectivity index (χ3n) is 7.72. The third kappa shape index (κ3) is 5.58. The quantitative estimate of drug-likeness (QED) is 0.652. The fourth-order valence-electron chi connectivity index (χ4n) is 5.97. The Kier molecular flexibility index (Phi) is 7.49. The lowest BCUT2D eigenvalue weighted by Gasteiger charge is -2.39. The molecular formula is C30H39N3O5. The molecule has 0 bridgehead atoms. The van der Waals surface area contributed by atoms with Crippen LogP contribution in [-0.2, 0) is 17.7 Å². The van der Waals surface area contributed by atoms with Gasteiger partial charge < -0.3 is 24.4 Å². The number of morpholine rings is 1. The molecule has 38 heavy (non-hydrogen) atoms. The van der Waals surface area contributed by atoms with Crippen molar-refractivity contribution in [3.05, 3.63) is 64.7 Å². The average molecular weight is 522 g/mol. The average Bonchev–Trinajstić information content (AvgIpc) is 2.96. The van der Waals surface area contributed by atoms with Crippen molar-refractivity contribution in [2.45, 2.75) is 64.4 Å². The third-order valence-corrected chi connectivity index (χ3v) is 7.72. The number of benzene rings is 2. The van der Waals surface area contributed by atoms with Crippen molar-refractivity contribution in [3.63, 3.8) is 0 Å². The monoisotopic (exact) mass is 521 g/mol. The Hall–Kier alpha value is -2.94. The summed E-state index contributed by atoms with van der Waals surface area (Å²) >= 11 is 0. The first-order chi connectivity index (χ1) is 18.1. The van der Waals surface area contributed by atoms with E-state index in [2.05, 4.69) is 29.2 Å². The lowest BCUT2D eigenvalue weighted by Crippen LogP contribution is -2.52. The van der Waals surface area contributed by atoms with E-state index in [0.717, 1.165) is 19.5 Å². The first kappa shape index (κ1) is 26.7. The van der Waals surface area contributed by atoms with Crippen molar-refractivity contribution < 1.29 is 24.2 Å². The van der Waals surface area contributed by atoms with Gasteiger partial charge in [-0.2, -0.15) is 0 Å². The van der Waals surface area contributed by atoms with Gasteiger partial charge in [-0.05, 0) is 63.4 Å². The zero-order valence-corrected chi connectivity index (χ0v) is 22.9. The molecule has 8 heteroatoms. The van der Waals surface area contributed by atoms with Crippen LogP contribution < -0.4 is 4.74 Å². The van der Waals surface area contributed by atoms with Crippen molar-refractivity contribution in [1.29, 1.82) is 0 Å². The highest BCUT2D eigenvalue weighted by molar-refractivity contribution is 6.00. The van der Waals surface area contributed by atoms with E-state index in [1.54, 1.807) is 23.1 Å². The summed E-state index contributed by atoms with van der Waals surface area (Å²) in [5, 5.41) is 11.0. The maximum Gasteiger partial charge on any atom is 0.257 e.